The Bertz CT molecular complexity index is 535. The Hall–Kier alpha value is -2.01. The van der Waals surface area contributed by atoms with Gasteiger partial charge < -0.3 is 19.4 Å². The van der Waals surface area contributed by atoms with Gasteiger partial charge in [0.1, 0.15) is 18.1 Å². The van der Waals surface area contributed by atoms with Crippen LogP contribution in [-0.4, -0.2) is 29.3 Å². The van der Waals surface area contributed by atoms with E-state index in [1.165, 1.54) is 0 Å². The lowest BCUT2D eigenvalue weighted by atomic mass is 10.3. The number of benzene rings is 1. The first-order valence-corrected chi connectivity index (χ1v) is 7.18. The lowest BCUT2D eigenvalue weighted by molar-refractivity contribution is 0.297. The summed E-state index contributed by atoms with van der Waals surface area (Å²) in [5.41, 5.74) is 1.05. The van der Waals surface area contributed by atoms with Crippen molar-refractivity contribution in [2.45, 2.75) is 33.0 Å². The standard InChI is InChI=1S/C16H23N3O2/c1-13(2)17-10-14-11-19(12-18-14)8-9-21-16-6-4-15(20-3)5-7-16/h4-7,11-13,17H,8-10H2,1-3H3. The minimum Gasteiger partial charge on any atom is -0.497 e. The first-order chi connectivity index (χ1) is 10.2. The van der Waals surface area contributed by atoms with E-state index in [4.69, 9.17) is 9.47 Å². The molecule has 0 saturated heterocycles. The van der Waals surface area contributed by atoms with Crippen molar-refractivity contribution in [3.05, 3.63) is 42.5 Å². The molecule has 114 valence electrons. The van der Waals surface area contributed by atoms with Gasteiger partial charge in [-0.05, 0) is 24.3 Å². The van der Waals surface area contributed by atoms with Crippen LogP contribution in [0.2, 0.25) is 0 Å². The first kappa shape index (κ1) is 15.4. The average Bonchev–Trinajstić information content (AvgIpc) is 2.94. The summed E-state index contributed by atoms with van der Waals surface area (Å²) in [5, 5.41) is 3.35. The summed E-state index contributed by atoms with van der Waals surface area (Å²) in [6.45, 7) is 6.43. The number of aromatic nitrogens is 2. The molecule has 2 rings (SSSR count). The highest BCUT2D eigenvalue weighted by Crippen LogP contribution is 2.16. The summed E-state index contributed by atoms with van der Waals surface area (Å²) in [4.78, 5) is 4.36. The second kappa shape index (κ2) is 7.69. The molecular weight excluding hydrogens is 266 g/mol. The Morgan fingerprint density at radius 2 is 1.90 bits per heavy atom. The molecule has 0 aliphatic rings. The minimum absolute atomic E-state index is 0.466. The fraction of sp³-hybridized carbons (Fsp3) is 0.438. The average molecular weight is 289 g/mol. The highest BCUT2D eigenvalue weighted by molar-refractivity contribution is 5.31. The summed E-state index contributed by atoms with van der Waals surface area (Å²) in [5.74, 6) is 1.68. The highest BCUT2D eigenvalue weighted by Gasteiger charge is 2.01. The maximum absolute atomic E-state index is 5.70. The van der Waals surface area contributed by atoms with Crippen LogP contribution in [0.1, 0.15) is 19.5 Å². The Morgan fingerprint density at radius 3 is 2.57 bits per heavy atom. The molecule has 0 saturated carbocycles. The first-order valence-electron chi connectivity index (χ1n) is 7.18. The maximum Gasteiger partial charge on any atom is 0.119 e. The van der Waals surface area contributed by atoms with Crippen LogP contribution in [0.3, 0.4) is 0 Å². The summed E-state index contributed by atoms with van der Waals surface area (Å²) in [6, 6.07) is 8.06. The van der Waals surface area contributed by atoms with Crippen molar-refractivity contribution in [1.82, 2.24) is 14.9 Å². The number of hydrogen-bond donors (Lipinski definition) is 1. The van der Waals surface area contributed by atoms with E-state index in [9.17, 15) is 0 Å². The van der Waals surface area contributed by atoms with E-state index in [0.29, 0.717) is 12.6 Å². The molecule has 0 unspecified atom stereocenters. The molecule has 0 radical (unpaired) electrons. The molecule has 0 atom stereocenters. The van der Waals surface area contributed by atoms with Crippen molar-refractivity contribution in [2.24, 2.45) is 0 Å². The second-order valence-electron chi connectivity index (χ2n) is 5.16. The Kier molecular flexibility index (Phi) is 5.63. The van der Waals surface area contributed by atoms with Crippen molar-refractivity contribution in [1.29, 1.82) is 0 Å². The van der Waals surface area contributed by atoms with Crippen LogP contribution in [0.25, 0.3) is 0 Å². The second-order valence-corrected chi connectivity index (χ2v) is 5.16. The van der Waals surface area contributed by atoms with Gasteiger partial charge in [-0.2, -0.15) is 0 Å². The van der Waals surface area contributed by atoms with Gasteiger partial charge in [0.25, 0.3) is 0 Å². The van der Waals surface area contributed by atoms with E-state index in [1.54, 1.807) is 7.11 Å². The van der Waals surface area contributed by atoms with Gasteiger partial charge in [-0.15, -0.1) is 0 Å². The molecule has 21 heavy (non-hydrogen) atoms. The summed E-state index contributed by atoms with van der Waals surface area (Å²) in [7, 11) is 1.65. The molecule has 0 spiro atoms. The molecule has 5 nitrogen and oxygen atoms in total. The van der Waals surface area contributed by atoms with E-state index >= 15 is 0 Å². The Labute approximate surface area is 125 Å². The zero-order valence-electron chi connectivity index (χ0n) is 12.9. The van der Waals surface area contributed by atoms with E-state index in [2.05, 4.69) is 24.1 Å². The predicted molar refractivity (Wildman–Crippen MR) is 82.7 cm³/mol. The van der Waals surface area contributed by atoms with Crippen molar-refractivity contribution in [3.63, 3.8) is 0 Å². The van der Waals surface area contributed by atoms with Crippen molar-refractivity contribution < 1.29 is 9.47 Å². The fourth-order valence-corrected chi connectivity index (χ4v) is 1.87. The molecule has 0 fully saturated rings. The maximum atomic E-state index is 5.70. The lowest BCUT2D eigenvalue weighted by Crippen LogP contribution is -2.21. The van der Waals surface area contributed by atoms with Crippen molar-refractivity contribution in [2.75, 3.05) is 13.7 Å². The summed E-state index contributed by atoms with van der Waals surface area (Å²) >= 11 is 0. The van der Waals surface area contributed by atoms with Crippen molar-refractivity contribution >= 4 is 0 Å². The number of imidazole rings is 1. The van der Waals surface area contributed by atoms with Crippen LogP contribution in [0.15, 0.2) is 36.8 Å². The van der Waals surface area contributed by atoms with Gasteiger partial charge in [0, 0.05) is 18.8 Å². The van der Waals surface area contributed by atoms with Gasteiger partial charge in [0.15, 0.2) is 0 Å². The van der Waals surface area contributed by atoms with Crippen LogP contribution >= 0.6 is 0 Å². The van der Waals surface area contributed by atoms with Gasteiger partial charge in [0.05, 0.1) is 25.7 Å². The molecule has 2 aromatic rings. The molecule has 0 aliphatic heterocycles. The molecule has 1 heterocycles. The highest BCUT2D eigenvalue weighted by atomic mass is 16.5. The molecule has 0 amide bonds. The third-order valence-electron chi connectivity index (χ3n) is 3.06. The topological polar surface area (TPSA) is 48.3 Å². The Balaban J connectivity index is 1.75. The predicted octanol–water partition coefficient (Wildman–Crippen LogP) is 2.47. The van der Waals surface area contributed by atoms with Gasteiger partial charge in [-0.1, -0.05) is 13.8 Å². The third kappa shape index (κ3) is 5.11. The normalized spacial score (nSPS) is 10.9. The number of nitrogens with zero attached hydrogens (tertiary/aromatic N) is 2. The lowest BCUT2D eigenvalue weighted by Gasteiger charge is -2.07. The SMILES string of the molecule is COc1ccc(OCCn2cnc(CNC(C)C)c2)cc1. The zero-order chi connectivity index (χ0) is 15.1. The number of nitrogens with one attached hydrogen (secondary N) is 1. The summed E-state index contributed by atoms with van der Waals surface area (Å²) in [6.07, 6.45) is 3.89. The van der Waals surface area contributed by atoms with E-state index in [-0.39, 0.29) is 0 Å². The van der Waals surface area contributed by atoms with Gasteiger partial charge in [-0.25, -0.2) is 4.98 Å². The fourth-order valence-electron chi connectivity index (χ4n) is 1.87. The molecule has 1 aromatic carbocycles. The number of ether oxygens (including phenoxy) is 2. The van der Waals surface area contributed by atoms with Crippen LogP contribution < -0.4 is 14.8 Å². The molecule has 5 heteroatoms. The number of hydrogen-bond acceptors (Lipinski definition) is 4. The molecule has 1 N–H and O–H groups in total. The van der Waals surface area contributed by atoms with Gasteiger partial charge >= 0.3 is 0 Å². The van der Waals surface area contributed by atoms with Crippen molar-refractivity contribution in [3.8, 4) is 11.5 Å². The Morgan fingerprint density at radius 1 is 1.19 bits per heavy atom. The van der Waals surface area contributed by atoms with Gasteiger partial charge in [-0.3, -0.25) is 0 Å². The third-order valence-corrected chi connectivity index (χ3v) is 3.06. The van der Waals surface area contributed by atoms with Gasteiger partial charge in [0.2, 0.25) is 0 Å². The number of methoxy groups -OCH3 is 1. The number of rotatable bonds is 8. The van der Waals surface area contributed by atoms with Crippen LogP contribution in [0.5, 0.6) is 11.5 Å². The van der Waals surface area contributed by atoms with Crippen LogP contribution in [0, 0.1) is 0 Å². The van der Waals surface area contributed by atoms with E-state index in [1.807, 2.05) is 41.4 Å². The zero-order valence-corrected chi connectivity index (χ0v) is 12.9. The molecular formula is C16H23N3O2. The molecule has 0 bridgehead atoms. The molecule has 1 aromatic heterocycles. The van der Waals surface area contributed by atoms with E-state index < -0.39 is 0 Å². The smallest absolute Gasteiger partial charge is 0.119 e. The summed E-state index contributed by atoms with van der Waals surface area (Å²) < 4.78 is 12.9. The molecule has 0 aliphatic carbocycles. The van der Waals surface area contributed by atoms with Crippen LogP contribution in [-0.2, 0) is 13.1 Å². The quantitative estimate of drug-likeness (QED) is 0.811. The van der Waals surface area contributed by atoms with E-state index in [0.717, 1.165) is 30.3 Å². The monoisotopic (exact) mass is 289 g/mol. The largest absolute Gasteiger partial charge is 0.497 e. The van der Waals surface area contributed by atoms with Crippen LogP contribution in [0.4, 0.5) is 0 Å². The minimum atomic E-state index is 0.466.